The Labute approximate surface area is 158 Å². The number of hydrogen-bond acceptors (Lipinski definition) is 3. The predicted molar refractivity (Wildman–Crippen MR) is 99.9 cm³/mol. The number of aromatic amines is 1. The fourth-order valence-corrected chi connectivity index (χ4v) is 4.39. The summed E-state index contributed by atoms with van der Waals surface area (Å²) in [4.78, 5) is 29.6. The molecule has 3 aliphatic rings. The first-order chi connectivity index (χ1) is 13.2. The molecule has 1 N–H and O–H groups in total. The molecule has 0 atom stereocenters. The summed E-state index contributed by atoms with van der Waals surface area (Å²) < 4.78 is 0. The smallest absolute Gasteiger partial charge is 0.275 e. The lowest BCUT2D eigenvalue weighted by atomic mass is 9.84. The molecule has 1 aromatic heterocycles. The van der Waals surface area contributed by atoms with Crippen LogP contribution in [-0.2, 0) is 30.7 Å². The van der Waals surface area contributed by atoms with Gasteiger partial charge >= 0.3 is 0 Å². The number of H-pyrrole nitrogens is 1. The molecule has 1 saturated carbocycles. The lowest BCUT2D eigenvalue weighted by Gasteiger charge is -2.34. The number of aromatic nitrogens is 2. The number of carbonyl (C=O) groups is 2. The molecule has 2 aliphatic heterocycles. The standard InChI is InChI=1S/C21H24N4O2/c26-20(15-6-3-7-15)25-11-9-18-17(13-25)19(23-22-18)21(27)24-10-8-14-4-1-2-5-16(14)12-24/h1-2,4-5,15H,3,6-13H2,(H,22,23). The lowest BCUT2D eigenvalue weighted by Crippen LogP contribution is -2.42. The molecule has 140 valence electrons. The highest BCUT2D eigenvalue weighted by Crippen LogP contribution is 2.31. The van der Waals surface area contributed by atoms with E-state index in [4.69, 9.17) is 0 Å². The summed E-state index contributed by atoms with van der Waals surface area (Å²) in [5, 5.41) is 7.39. The van der Waals surface area contributed by atoms with Crippen molar-refractivity contribution in [3.8, 4) is 0 Å². The highest BCUT2D eigenvalue weighted by molar-refractivity contribution is 5.94. The Morgan fingerprint density at radius 1 is 1.00 bits per heavy atom. The van der Waals surface area contributed by atoms with E-state index in [1.165, 1.54) is 11.1 Å². The zero-order chi connectivity index (χ0) is 18.4. The van der Waals surface area contributed by atoms with Gasteiger partial charge < -0.3 is 9.80 Å². The second-order valence-corrected chi connectivity index (χ2v) is 7.91. The highest BCUT2D eigenvalue weighted by atomic mass is 16.2. The number of hydrogen-bond donors (Lipinski definition) is 1. The highest BCUT2D eigenvalue weighted by Gasteiger charge is 2.34. The Balaban J connectivity index is 1.36. The van der Waals surface area contributed by atoms with Gasteiger partial charge in [-0.1, -0.05) is 30.7 Å². The summed E-state index contributed by atoms with van der Waals surface area (Å²) in [6.45, 7) is 2.56. The minimum absolute atomic E-state index is 0.0278. The maximum Gasteiger partial charge on any atom is 0.275 e. The average molecular weight is 364 g/mol. The van der Waals surface area contributed by atoms with Crippen molar-refractivity contribution in [1.82, 2.24) is 20.0 Å². The third-order valence-electron chi connectivity index (χ3n) is 6.32. The molecule has 1 aromatic carbocycles. The van der Waals surface area contributed by atoms with Crippen LogP contribution in [0.15, 0.2) is 24.3 Å². The van der Waals surface area contributed by atoms with E-state index in [0.29, 0.717) is 25.3 Å². The molecule has 3 heterocycles. The number of benzene rings is 1. The number of nitrogens with zero attached hydrogens (tertiary/aromatic N) is 3. The largest absolute Gasteiger partial charge is 0.338 e. The van der Waals surface area contributed by atoms with Gasteiger partial charge in [-0.05, 0) is 30.4 Å². The van der Waals surface area contributed by atoms with E-state index in [0.717, 1.165) is 49.9 Å². The SMILES string of the molecule is O=C(c1n[nH]c2c1CN(C(=O)C1CCC1)CC2)N1CCc2ccccc2C1. The van der Waals surface area contributed by atoms with Crippen molar-refractivity contribution < 1.29 is 9.59 Å². The van der Waals surface area contributed by atoms with Crippen LogP contribution in [0.3, 0.4) is 0 Å². The molecule has 0 spiro atoms. The number of nitrogens with one attached hydrogen (secondary N) is 1. The van der Waals surface area contributed by atoms with E-state index in [9.17, 15) is 9.59 Å². The summed E-state index contributed by atoms with van der Waals surface area (Å²) in [7, 11) is 0. The van der Waals surface area contributed by atoms with Crippen LogP contribution in [0, 0.1) is 5.92 Å². The van der Waals surface area contributed by atoms with Crippen molar-refractivity contribution in [2.24, 2.45) is 5.92 Å². The number of rotatable bonds is 2. The Morgan fingerprint density at radius 2 is 1.78 bits per heavy atom. The average Bonchev–Trinajstić information content (AvgIpc) is 3.08. The third-order valence-corrected chi connectivity index (χ3v) is 6.32. The summed E-state index contributed by atoms with van der Waals surface area (Å²) in [6.07, 6.45) is 4.79. The molecule has 6 nitrogen and oxygen atoms in total. The molecule has 0 bridgehead atoms. The van der Waals surface area contributed by atoms with Gasteiger partial charge in [-0.15, -0.1) is 0 Å². The Hall–Kier alpha value is -2.63. The van der Waals surface area contributed by atoms with Gasteiger partial charge in [0.1, 0.15) is 0 Å². The summed E-state index contributed by atoms with van der Waals surface area (Å²) in [5.41, 5.74) is 4.95. The van der Waals surface area contributed by atoms with Crippen LogP contribution in [0.1, 0.15) is 52.1 Å². The van der Waals surface area contributed by atoms with Gasteiger partial charge in [-0.3, -0.25) is 14.7 Å². The number of fused-ring (bicyclic) bond motifs is 2. The van der Waals surface area contributed by atoms with Gasteiger partial charge in [0.15, 0.2) is 5.69 Å². The monoisotopic (exact) mass is 364 g/mol. The van der Waals surface area contributed by atoms with Crippen molar-refractivity contribution >= 4 is 11.8 Å². The van der Waals surface area contributed by atoms with Crippen LogP contribution in [0.4, 0.5) is 0 Å². The van der Waals surface area contributed by atoms with Crippen LogP contribution >= 0.6 is 0 Å². The Kier molecular flexibility index (Phi) is 3.99. The zero-order valence-corrected chi connectivity index (χ0v) is 15.4. The van der Waals surface area contributed by atoms with E-state index in [1.807, 2.05) is 21.9 Å². The zero-order valence-electron chi connectivity index (χ0n) is 15.4. The molecule has 0 saturated heterocycles. The van der Waals surface area contributed by atoms with E-state index >= 15 is 0 Å². The number of amides is 2. The molecule has 0 unspecified atom stereocenters. The van der Waals surface area contributed by atoms with Crippen molar-refractivity contribution in [3.05, 3.63) is 52.3 Å². The van der Waals surface area contributed by atoms with Crippen molar-refractivity contribution in [2.45, 2.75) is 45.2 Å². The first-order valence-corrected chi connectivity index (χ1v) is 9.91. The fraction of sp³-hybridized carbons (Fsp3) is 0.476. The second-order valence-electron chi connectivity index (χ2n) is 7.91. The molecular formula is C21H24N4O2. The van der Waals surface area contributed by atoms with Crippen molar-refractivity contribution in [2.75, 3.05) is 13.1 Å². The summed E-state index contributed by atoms with van der Waals surface area (Å²) in [5.74, 6) is 0.412. The summed E-state index contributed by atoms with van der Waals surface area (Å²) in [6, 6.07) is 8.30. The summed E-state index contributed by atoms with van der Waals surface area (Å²) >= 11 is 0. The topological polar surface area (TPSA) is 69.3 Å². The molecule has 2 amide bonds. The minimum atomic E-state index is -0.0278. The molecule has 5 rings (SSSR count). The quantitative estimate of drug-likeness (QED) is 0.889. The fourth-order valence-electron chi connectivity index (χ4n) is 4.39. The van der Waals surface area contributed by atoms with Gasteiger partial charge in [-0.2, -0.15) is 5.10 Å². The maximum atomic E-state index is 13.2. The van der Waals surface area contributed by atoms with Crippen LogP contribution in [0.2, 0.25) is 0 Å². The van der Waals surface area contributed by atoms with Gasteiger partial charge in [0.25, 0.3) is 5.91 Å². The van der Waals surface area contributed by atoms with Crippen LogP contribution in [0.25, 0.3) is 0 Å². The predicted octanol–water partition coefficient (Wildman–Crippen LogP) is 2.29. The normalized spacial score (nSPS) is 19.3. The van der Waals surface area contributed by atoms with E-state index in [2.05, 4.69) is 22.3 Å². The molecule has 1 fully saturated rings. The van der Waals surface area contributed by atoms with Crippen molar-refractivity contribution in [1.29, 1.82) is 0 Å². The first-order valence-electron chi connectivity index (χ1n) is 9.91. The molecule has 27 heavy (non-hydrogen) atoms. The first kappa shape index (κ1) is 16.5. The molecule has 0 radical (unpaired) electrons. The van der Waals surface area contributed by atoms with Gasteiger partial charge in [0.2, 0.25) is 5.91 Å². The Morgan fingerprint density at radius 3 is 2.56 bits per heavy atom. The second kappa shape index (κ2) is 6.51. The van der Waals surface area contributed by atoms with E-state index < -0.39 is 0 Å². The molecule has 2 aromatic rings. The number of carbonyl (C=O) groups excluding carboxylic acids is 2. The van der Waals surface area contributed by atoms with Crippen LogP contribution in [0.5, 0.6) is 0 Å². The molecule has 1 aliphatic carbocycles. The van der Waals surface area contributed by atoms with E-state index in [-0.39, 0.29) is 17.7 Å². The molecule has 6 heteroatoms. The Bertz CT molecular complexity index is 899. The lowest BCUT2D eigenvalue weighted by molar-refractivity contribution is -0.139. The van der Waals surface area contributed by atoms with Crippen LogP contribution in [-0.4, -0.2) is 44.9 Å². The van der Waals surface area contributed by atoms with Gasteiger partial charge in [0, 0.05) is 49.8 Å². The van der Waals surface area contributed by atoms with Gasteiger partial charge in [-0.25, -0.2) is 0 Å². The molecular weight excluding hydrogens is 340 g/mol. The maximum absolute atomic E-state index is 13.2. The third kappa shape index (κ3) is 2.83. The van der Waals surface area contributed by atoms with Gasteiger partial charge in [0.05, 0.1) is 0 Å². The van der Waals surface area contributed by atoms with E-state index in [1.54, 1.807) is 0 Å². The minimum Gasteiger partial charge on any atom is -0.338 e. The van der Waals surface area contributed by atoms with Crippen LogP contribution < -0.4 is 0 Å². The van der Waals surface area contributed by atoms with Crippen molar-refractivity contribution in [3.63, 3.8) is 0 Å².